The molecule has 1 saturated heterocycles. The van der Waals surface area contributed by atoms with E-state index in [4.69, 9.17) is 5.26 Å². The molecule has 3 heteroatoms. The molecule has 0 aromatic heterocycles. The lowest BCUT2D eigenvalue weighted by Crippen LogP contribution is -2.26. The molecule has 1 aliphatic rings. The van der Waals surface area contributed by atoms with Crippen LogP contribution in [-0.2, 0) is 6.54 Å². The molecule has 0 N–H and O–H groups in total. The van der Waals surface area contributed by atoms with Gasteiger partial charge in [0.05, 0.1) is 11.6 Å². The first-order valence-corrected chi connectivity index (χ1v) is 7.81. The molecule has 0 amide bonds. The minimum Gasteiger partial charge on any atom is -0.299 e. The van der Waals surface area contributed by atoms with E-state index in [0.29, 0.717) is 23.1 Å². The lowest BCUT2D eigenvalue weighted by Gasteiger charge is -2.29. The van der Waals surface area contributed by atoms with Crippen LogP contribution < -0.4 is 0 Å². The predicted octanol–water partition coefficient (Wildman–Crippen LogP) is 4.35. The maximum absolute atomic E-state index is 13.9. The van der Waals surface area contributed by atoms with E-state index in [1.54, 1.807) is 6.07 Å². The van der Waals surface area contributed by atoms with E-state index in [2.05, 4.69) is 31.7 Å². The number of halogens is 1. The first-order valence-electron chi connectivity index (χ1n) is 7.81. The van der Waals surface area contributed by atoms with E-state index in [-0.39, 0.29) is 5.82 Å². The number of rotatable bonds is 2. The van der Waals surface area contributed by atoms with Gasteiger partial charge in [-0.1, -0.05) is 20.8 Å². The van der Waals surface area contributed by atoms with Gasteiger partial charge in [0.2, 0.25) is 0 Å². The Morgan fingerprint density at radius 1 is 1.29 bits per heavy atom. The standard InChI is InChI=1S/C18H25FN2/c1-18(2,3)16-5-4-9-21(10-8-16)13-15-11-14(12-20)6-7-17(15)19/h6-7,11,16H,4-5,8-10,13H2,1-3H3. The highest BCUT2D eigenvalue weighted by Gasteiger charge is 2.27. The summed E-state index contributed by atoms with van der Waals surface area (Å²) in [6.07, 6.45) is 3.59. The van der Waals surface area contributed by atoms with Crippen molar-refractivity contribution in [3.05, 3.63) is 35.1 Å². The van der Waals surface area contributed by atoms with Crippen LogP contribution in [0.25, 0.3) is 0 Å². The van der Waals surface area contributed by atoms with E-state index < -0.39 is 0 Å². The van der Waals surface area contributed by atoms with Gasteiger partial charge in [0.1, 0.15) is 5.82 Å². The molecule has 2 rings (SSSR count). The van der Waals surface area contributed by atoms with Gasteiger partial charge in [-0.25, -0.2) is 4.39 Å². The molecule has 1 atom stereocenters. The molecular weight excluding hydrogens is 263 g/mol. The quantitative estimate of drug-likeness (QED) is 0.809. The minimum atomic E-state index is -0.203. The molecule has 21 heavy (non-hydrogen) atoms. The van der Waals surface area contributed by atoms with E-state index in [1.807, 2.05) is 0 Å². The smallest absolute Gasteiger partial charge is 0.127 e. The van der Waals surface area contributed by atoms with Crippen LogP contribution >= 0.6 is 0 Å². The van der Waals surface area contributed by atoms with Gasteiger partial charge in [-0.15, -0.1) is 0 Å². The zero-order chi connectivity index (χ0) is 15.5. The number of nitriles is 1. The van der Waals surface area contributed by atoms with Gasteiger partial charge in [-0.2, -0.15) is 5.26 Å². The minimum absolute atomic E-state index is 0.203. The third-order valence-electron chi connectivity index (χ3n) is 4.61. The Balaban J connectivity index is 2.03. The zero-order valence-corrected chi connectivity index (χ0v) is 13.3. The largest absolute Gasteiger partial charge is 0.299 e. The first-order chi connectivity index (χ1) is 9.90. The summed E-state index contributed by atoms with van der Waals surface area (Å²) < 4.78 is 13.9. The summed E-state index contributed by atoms with van der Waals surface area (Å²) >= 11 is 0. The Labute approximate surface area is 127 Å². The SMILES string of the molecule is CC(C)(C)C1CCCN(Cc2cc(C#N)ccc2F)CC1. The summed E-state index contributed by atoms with van der Waals surface area (Å²) in [7, 11) is 0. The third-order valence-corrected chi connectivity index (χ3v) is 4.61. The van der Waals surface area contributed by atoms with Crippen LogP contribution in [0.3, 0.4) is 0 Å². The van der Waals surface area contributed by atoms with Crippen LogP contribution in [0.1, 0.15) is 51.2 Å². The average Bonchev–Trinajstić information content (AvgIpc) is 2.66. The van der Waals surface area contributed by atoms with Crippen LogP contribution in [0.5, 0.6) is 0 Å². The van der Waals surface area contributed by atoms with Gasteiger partial charge in [-0.05, 0) is 61.9 Å². The Kier molecular flexibility index (Phi) is 5.00. The number of hydrogen-bond acceptors (Lipinski definition) is 2. The number of hydrogen-bond donors (Lipinski definition) is 0. The zero-order valence-electron chi connectivity index (χ0n) is 13.3. The maximum Gasteiger partial charge on any atom is 0.127 e. The molecule has 0 spiro atoms. The van der Waals surface area contributed by atoms with E-state index >= 15 is 0 Å². The molecule has 1 aromatic rings. The van der Waals surface area contributed by atoms with E-state index in [0.717, 1.165) is 19.0 Å². The van der Waals surface area contributed by atoms with Gasteiger partial charge in [0.25, 0.3) is 0 Å². The fourth-order valence-corrected chi connectivity index (χ4v) is 3.19. The van der Waals surface area contributed by atoms with Crippen LogP contribution in [-0.4, -0.2) is 18.0 Å². The van der Waals surface area contributed by atoms with Crippen molar-refractivity contribution >= 4 is 0 Å². The molecule has 114 valence electrons. The third kappa shape index (κ3) is 4.28. The second-order valence-electron chi connectivity index (χ2n) is 7.19. The van der Waals surface area contributed by atoms with Gasteiger partial charge in [0, 0.05) is 12.1 Å². The molecule has 1 fully saturated rings. The van der Waals surface area contributed by atoms with Gasteiger partial charge in [0.15, 0.2) is 0 Å². The number of likely N-dealkylation sites (tertiary alicyclic amines) is 1. The normalized spacial score (nSPS) is 20.8. The summed E-state index contributed by atoms with van der Waals surface area (Å²) in [5.74, 6) is 0.531. The van der Waals surface area contributed by atoms with Crippen molar-refractivity contribution < 1.29 is 4.39 Å². The molecule has 0 aliphatic carbocycles. The monoisotopic (exact) mass is 288 g/mol. The molecule has 0 bridgehead atoms. The molecular formula is C18H25FN2. The lowest BCUT2D eigenvalue weighted by molar-refractivity contribution is 0.206. The molecule has 0 radical (unpaired) electrons. The van der Waals surface area contributed by atoms with E-state index in [1.165, 1.54) is 31.4 Å². The highest BCUT2D eigenvalue weighted by Crippen LogP contribution is 2.34. The van der Waals surface area contributed by atoms with Crippen molar-refractivity contribution in [3.8, 4) is 6.07 Å². The van der Waals surface area contributed by atoms with Crippen LogP contribution in [0.4, 0.5) is 4.39 Å². The fourth-order valence-electron chi connectivity index (χ4n) is 3.19. The Bertz CT molecular complexity index is 525. The topological polar surface area (TPSA) is 27.0 Å². The number of benzene rings is 1. The summed E-state index contributed by atoms with van der Waals surface area (Å²) in [5.41, 5.74) is 1.53. The Hall–Kier alpha value is -1.40. The fraction of sp³-hybridized carbons (Fsp3) is 0.611. The van der Waals surface area contributed by atoms with Crippen molar-refractivity contribution in [2.24, 2.45) is 11.3 Å². The van der Waals surface area contributed by atoms with Gasteiger partial charge in [-0.3, -0.25) is 4.90 Å². The van der Waals surface area contributed by atoms with Crippen LogP contribution in [0.2, 0.25) is 0 Å². The molecule has 1 heterocycles. The highest BCUT2D eigenvalue weighted by atomic mass is 19.1. The second kappa shape index (κ2) is 6.58. The number of nitrogens with zero attached hydrogens (tertiary/aromatic N) is 2. The first kappa shape index (κ1) is 16.0. The van der Waals surface area contributed by atoms with Gasteiger partial charge >= 0.3 is 0 Å². The maximum atomic E-state index is 13.9. The molecule has 1 unspecified atom stereocenters. The second-order valence-corrected chi connectivity index (χ2v) is 7.19. The Morgan fingerprint density at radius 2 is 2.05 bits per heavy atom. The average molecular weight is 288 g/mol. The molecule has 0 saturated carbocycles. The molecule has 1 aliphatic heterocycles. The molecule has 1 aromatic carbocycles. The Morgan fingerprint density at radius 3 is 2.71 bits per heavy atom. The van der Waals surface area contributed by atoms with Crippen molar-refractivity contribution in [1.29, 1.82) is 5.26 Å². The van der Waals surface area contributed by atoms with Crippen molar-refractivity contribution in [3.63, 3.8) is 0 Å². The summed E-state index contributed by atoms with van der Waals surface area (Å²) in [6.45, 7) is 9.56. The lowest BCUT2D eigenvalue weighted by atomic mass is 9.77. The van der Waals surface area contributed by atoms with Crippen molar-refractivity contribution in [1.82, 2.24) is 4.90 Å². The van der Waals surface area contributed by atoms with Gasteiger partial charge < -0.3 is 0 Å². The summed E-state index contributed by atoms with van der Waals surface area (Å²) in [6, 6.07) is 6.71. The van der Waals surface area contributed by atoms with Crippen molar-refractivity contribution in [2.75, 3.05) is 13.1 Å². The molecule has 2 nitrogen and oxygen atoms in total. The summed E-state index contributed by atoms with van der Waals surface area (Å²) in [4.78, 5) is 2.32. The van der Waals surface area contributed by atoms with Crippen LogP contribution in [0, 0.1) is 28.5 Å². The highest BCUT2D eigenvalue weighted by molar-refractivity contribution is 5.33. The van der Waals surface area contributed by atoms with Crippen LogP contribution in [0.15, 0.2) is 18.2 Å². The predicted molar refractivity (Wildman–Crippen MR) is 83.2 cm³/mol. The summed E-state index contributed by atoms with van der Waals surface area (Å²) in [5, 5.41) is 8.94. The van der Waals surface area contributed by atoms with Crippen molar-refractivity contribution in [2.45, 2.75) is 46.6 Å². The van der Waals surface area contributed by atoms with E-state index in [9.17, 15) is 4.39 Å².